The van der Waals surface area contributed by atoms with E-state index in [0.717, 1.165) is 5.56 Å². The number of nitroso groups, excluding NO2 is 1. The van der Waals surface area contributed by atoms with Crippen LogP contribution in [-0.4, -0.2) is 11.8 Å². The SMILES string of the molecule is CCOc1c(N=O)cc(C(C)(C)C)cc1NO. The number of hydrogen-bond donors (Lipinski definition) is 2. The second-order valence-corrected chi connectivity index (χ2v) is 4.76. The molecule has 17 heavy (non-hydrogen) atoms. The van der Waals surface area contributed by atoms with Crippen LogP contribution in [0.3, 0.4) is 0 Å². The summed E-state index contributed by atoms with van der Waals surface area (Å²) < 4.78 is 5.30. The van der Waals surface area contributed by atoms with Crippen molar-refractivity contribution >= 4 is 11.4 Å². The molecule has 0 saturated heterocycles. The molecule has 0 fully saturated rings. The molecule has 5 nitrogen and oxygen atoms in total. The van der Waals surface area contributed by atoms with Gasteiger partial charge in [-0.2, -0.15) is 0 Å². The first kappa shape index (κ1) is 13.4. The van der Waals surface area contributed by atoms with E-state index in [9.17, 15) is 4.91 Å². The van der Waals surface area contributed by atoms with Crippen molar-refractivity contribution in [2.24, 2.45) is 5.18 Å². The van der Waals surface area contributed by atoms with Crippen molar-refractivity contribution in [3.05, 3.63) is 22.6 Å². The van der Waals surface area contributed by atoms with Gasteiger partial charge in [0, 0.05) is 0 Å². The third-order valence-electron chi connectivity index (χ3n) is 2.44. The van der Waals surface area contributed by atoms with Crippen molar-refractivity contribution in [1.29, 1.82) is 0 Å². The van der Waals surface area contributed by atoms with Gasteiger partial charge in [0.25, 0.3) is 0 Å². The molecule has 0 spiro atoms. The first-order valence-electron chi connectivity index (χ1n) is 5.48. The van der Waals surface area contributed by atoms with Gasteiger partial charge in [0.1, 0.15) is 5.69 Å². The molecular weight excluding hydrogens is 220 g/mol. The summed E-state index contributed by atoms with van der Waals surface area (Å²) in [7, 11) is 0. The minimum Gasteiger partial charge on any atom is -0.489 e. The number of hydrogen-bond acceptors (Lipinski definition) is 5. The van der Waals surface area contributed by atoms with Gasteiger partial charge in [-0.15, -0.1) is 4.91 Å². The number of anilines is 1. The first-order valence-corrected chi connectivity index (χ1v) is 5.48. The predicted octanol–water partition coefficient (Wildman–Crippen LogP) is 3.58. The van der Waals surface area contributed by atoms with E-state index in [1.165, 1.54) is 0 Å². The molecular formula is C12H18N2O3. The number of ether oxygens (including phenoxy) is 1. The quantitative estimate of drug-likeness (QED) is 0.621. The second kappa shape index (κ2) is 5.14. The standard InChI is InChI=1S/C12H18N2O3/c1-5-17-11-9(13-15)6-8(12(2,3)4)7-10(11)14-16/h6-7,13,15H,5H2,1-4H3. The van der Waals surface area contributed by atoms with Crippen LogP contribution in [-0.2, 0) is 5.41 Å². The van der Waals surface area contributed by atoms with Gasteiger partial charge in [-0.3, -0.25) is 10.7 Å². The molecule has 0 heterocycles. The van der Waals surface area contributed by atoms with E-state index in [1.807, 2.05) is 26.3 Å². The molecule has 0 unspecified atom stereocenters. The molecule has 1 aromatic carbocycles. The van der Waals surface area contributed by atoms with Gasteiger partial charge in [0.2, 0.25) is 0 Å². The zero-order chi connectivity index (χ0) is 13.1. The smallest absolute Gasteiger partial charge is 0.173 e. The minimum atomic E-state index is -0.143. The van der Waals surface area contributed by atoms with Crippen LogP contribution in [0.5, 0.6) is 5.75 Å². The summed E-state index contributed by atoms with van der Waals surface area (Å²) in [6.45, 7) is 8.23. The summed E-state index contributed by atoms with van der Waals surface area (Å²) in [5.41, 5.74) is 3.34. The highest BCUT2D eigenvalue weighted by Gasteiger charge is 2.20. The fourth-order valence-electron chi connectivity index (χ4n) is 1.49. The van der Waals surface area contributed by atoms with Crippen LogP contribution in [0.2, 0.25) is 0 Å². The third kappa shape index (κ3) is 2.94. The highest BCUT2D eigenvalue weighted by atomic mass is 16.5. The Hall–Kier alpha value is -1.62. The Labute approximate surface area is 101 Å². The molecule has 2 N–H and O–H groups in total. The minimum absolute atomic E-state index is 0.143. The van der Waals surface area contributed by atoms with E-state index >= 15 is 0 Å². The van der Waals surface area contributed by atoms with E-state index < -0.39 is 0 Å². The molecule has 1 rings (SSSR count). The maximum Gasteiger partial charge on any atom is 0.173 e. The van der Waals surface area contributed by atoms with E-state index in [-0.39, 0.29) is 16.9 Å². The Morgan fingerprint density at radius 1 is 1.41 bits per heavy atom. The number of rotatable bonds is 4. The van der Waals surface area contributed by atoms with Gasteiger partial charge in [0.15, 0.2) is 11.4 Å². The topological polar surface area (TPSA) is 70.9 Å². The normalized spacial score (nSPS) is 11.1. The first-order chi connectivity index (χ1) is 7.93. The Balaban J connectivity index is 3.39. The van der Waals surface area contributed by atoms with Gasteiger partial charge in [-0.05, 0) is 35.2 Å². The van der Waals surface area contributed by atoms with E-state index in [1.54, 1.807) is 19.1 Å². The fraction of sp³-hybridized carbons (Fsp3) is 0.500. The Bertz CT molecular complexity index is 411. The van der Waals surface area contributed by atoms with Gasteiger partial charge < -0.3 is 4.74 Å². The molecule has 0 bridgehead atoms. The van der Waals surface area contributed by atoms with Crippen molar-refractivity contribution < 1.29 is 9.94 Å². The third-order valence-corrected chi connectivity index (χ3v) is 2.44. The molecule has 0 aliphatic rings. The summed E-state index contributed by atoms with van der Waals surface area (Å²) in [6.07, 6.45) is 0. The molecule has 0 saturated carbocycles. The summed E-state index contributed by atoms with van der Waals surface area (Å²) in [5.74, 6) is 0.276. The van der Waals surface area contributed by atoms with E-state index in [0.29, 0.717) is 12.3 Å². The summed E-state index contributed by atoms with van der Waals surface area (Å²) in [5, 5.41) is 12.0. The zero-order valence-electron chi connectivity index (χ0n) is 10.6. The highest BCUT2D eigenvalue weighted by Crippen LogP contribution is 2.39. The maximum absolute atomic E-state index is 10.8. The predicted molar refractivity (Wildman–Crippen MR) is 67.2 cm³/mol. The fourth-order valence-corrected chi connectivity index (χ4v) is 1.49. The van der Waals surface area contributed by atoms with Gasteiger partial charge in [-0.25, -0.2) is 0 Å². The van der Waals surface area contributed by atoms with Gasteiger partial charge in [0.05, 0.1) is 6.61 Å². The highest BCUT2D eigenvalue weighted by molar-refractivity contribution is 5.70. The Morgan fingerprint density at radius 3 is 2.47 bits per heavy atom. The van der Waals surface area contributed by atoms with Crippen molar-refractivity contribution in [3.8, 4) is 5.75 Å². The molecule has 0 atom stereocenters. The van der Waals surface area contributed by atoms with Crippen LogP contribution in [0.1, 0.15) is 33.3 Å². The molecule has 0 aromatic heterocycles. The molecule has 0 aliphatic carbocycles. The van der Waals surface area contributed by atoms with Crippen LogP contribution < -0.4 is 10.2 Å². The lowest BCUT2D eigenvalue weighted by Gasteiger charge is -2.21. The van der Waals surface area contributed by atoms with Crippen molar-refractivity contribution in [3.63, 3.8) is 0 Å². The van der Waals surface area contributed by atoms with Crippen LogP contribution >= 0.6 is 0 Å². The van der Waals surface area contributed by atoms with Crippen molar-refractivity contribution in [2.75, 3.05) is 12.1 Å². The lowest BCUT2D eigenvalue weighted by atomic mass is 9.86. The monoisotopic (exact) mass is 238 g/mol. The van der Waals surface area contributed by atoms with E-state index in [4.69, 9.17) is 9.94 Å². The molecule has 94 valence electrons. The van der Waals surface area contributed by atoms with Crippen LogP contribution in [0, 0.1) is 4.91 Å². The molecule has 1 aromatic rings. The average Bonchev–Trinajstić information content (AvgIpc) is 2.28. The lowest BCUT2D eigenvalue weighted by molar-refractivity contribution is 0.333. The zero-order valence-corrected chi connectivity index (χ0v) is 10.6. The largest absolute Gasteiger partial charge is 0.489 e. The van der Waals surface area contributed by atoms with E-state index in [2.05, 4.69) is 5.18 Å². The average molecular weight is 238 g/mol. The summed E-state index contributed by atoms with van der Waals surface area (Å²) >= 11 is 0. The maximum atomic E-state index is 10.8. The number of nitrogens with one attached hydrogen (secondary N) is 1. The summed E-state index contributed by atoms with van der Waals surface area (Å²) in [6, 6.07) is 3.43. The van der Waals surface area contributed by atoms with Crippen LogP contribution in [0.15, 0.2) is 17.3 Å². The molecule has 0 radical (unpaired) electrons. The summed E-state index contributed by atoms with van der Waals surface area (Å²) in [4.78, 5) is 10.8. The van der Waals surface area contributed by atoms with Gasteiger partial charge >= 0.3 is 0 Å². The Morgan fingerprint density at radius 2 is 2.06 bits per heavy atom. The lowest BCUT2D eigenvalue weighted by Crippen LogP contribution is -2.12. The number of benzene rings is 1. The molecule has 0 amide bonds. The Kier molecular flexibility index (Phi) is 4.07. The van der Waals surface area contributed by atoms with Gasteiger partial charge in [-0.1, -0.05) is 20.8 Å². The second-order valence-electron chi connectivity index (χ2n) is 4.76. The molecule has 5 heteroatoms. The van der Waals surface area contributed by atoms with Crippen molar-refractivity contribution in [2.45, 2.75) is 33.1 Å². The van der Waals surface area contributed by atoms with Crippen LogP contribution in [0.4, 0.5) is 11.4 Å². The van der Waals surface area contributed by atoms with Crippen molar-refractivity contribution in [1.82, 2.24) is 0 Å². The molecule has 0 aliphatic heterocycles. The van der Waals surface area contributed by atoms with Crippen LogP contribution in [0.25, 0.3) is 0 Å². The number of nitrogens with zero attached hydrogens (tertiary/aromatic N) is 1.